The molecule has 84 heavy (non-hydrogen) atoms. The minimum absolute atomic E-state index is 0.128. The maximum absolute atomic E-state index is 15.6. The van der Waals surface area contributed by atoms with Crippen LogP contribution in [0.2, 0.25) is 0 Å². The fourth-order valence-electron chi connectivity index (χ4n) is 8.49. The second-order valence-corrected chi connectivity index (χ2v) is 28.1. The molecule has 0 saturated heterocycles. The van der Waals surface area contributed by atoms with Crippen LogP contribution in [0, 0.1) is 0 Å². The summed E-state index contributed by atoms with van der Waals surface area (Å²) in [5, 5.41) is 4.99. The predicted octanol–water partition coefficient (Wildman–Crippen LogP) is 2.18. The standard InChI is InChI=1S/C41H28N6O29S8/c48-15-44(25-5-1-19(77(53,54)55)9-31(25)81(65,66)67)29-13-23(35-39(37(29)42-35)46(17-50)27-7-3-21(79(59,60)61)11-33(27)83(71,72)73)41(52)24-14-30(45(16-49)26-6-2-20(78(56,57)58)10-32(26)82(68,69)70)38-40(36(24)43-38)47(18-51)28-8-4-22(80(62,63)64)12-34(28)84(74,75)76/h1-18,42-43H,(H,53,54,55)(H,56,57,58)(H,59,60,61)(H,62,63,64)(H,65,66,67)(H,68,69,70)(H,71,72,73)(H,74,75,76). The molecule has 43 heteroatoms. The molecule has 444 valence electrons. The molecule has 0 fully saturated rings. The van der Waals surface area contributed by atoms with Crippen LogP contribution in [0.3, 0.4) is 0 Å². The molecule has 4 amide bonds. The Labute approximate surface area is 471 Å². The summed E-state index contributed by atoms with van der Waals surface area (Å²) in [5.41, 5.74) is -12.5. The molecule has 6 aromatic carbocycles. The Kier molecular flexibility index (Phi) is 15.1. The molecule has 0 saturated carbocycles. The Morgan fingerprint density at radius 2 is 0.536 bits per heavy atom. The maximum Gasteiger partial charge on any atom is 0.296 e. The Bertz CT molecular complexity index is 4420. The Morgan fingerprint density at radius 3 is 0.738 bits per heavy atom. The van der Waals surface area contributed by atoms with Gasteiger partial charge in [-0.25, -0.2) is 0 Å². The first-order valence-corrected chi connectivity index (χ1v) is 32.9. The van der Waals surface area contributed by atoms with Gasteiger partial charge >= 0.3 is 0 Å². The van der Waals surface area contributed by atoms with Crippen LogP contribution in [0.4, 0.5) is 68.2 Å². The average Bonchev–Trinajstić information content (AvgIpc) is 0.954. The third-order valence-corrected chi connectivity index (χ3v) is 19.0. The zero-order valence-corrected chi connectivity index (χ0v) is 46.6. The fourth-order valence-corrected chi connectivity index (χ4v) is 13.6. The molecular formula is C41H28N6O29S8. The third-order valence-electron chi connectivity index (χ3n) is 12.0. The highest BCUT2D eigenvalue weighted by molar-refractivity contribution is 7.88. The topological polar surface area (TPSA) is 557 Å². The minimum Gasteiger partial charge on any atom is -0.350 e. The van der Waals surface area contributed by atoms with Gasteiger partial charge in [0.15, 0.2) is 5.78 Å². The summed E-state index contributed by atoms with van der Waals surface area (Å²) in [4.78, 5) is 58.8. The zero-order chi connectivity index (χ0) is 62.7. The van der Waals surface area contributed by atoms with Crippen molar-refractivity contribution >= 4 is 181 Å². The van der Waals surface area contributed by atoms with Crippen LogP contribution in [-0.2, 0) is 100 Å². The first-order chi connectivity index (χ1) is 38.5. The quantitative estimate of drug-likeness (QED) is 0.0264. The molecule has 6 aromatic rings. The summed E-state index contributed by atoms with van der Waals surface area (Å²) in [6, 6.07) is 5.62. The molecule has 4 aliphatic rings. The number of ketones is 1. The van der Waals surface area contributed by atoms with Crippen LogP contribution in [0.5, 0.6) is 0 Å². The van der Waals surface area contributed by atoms with Crippen molar-refractivity contribution in [2.45, 2.75) is 39.2 Å². The van der Waals surface area contributed by atoms with Crippen LogP contribution in [0.1, 0.15) is 15.9 Å². The number of nitrogens with zero attached hydrogens (tertiary/aromatic N) is 4. The summed E-state index contributed by atoms with van der Waals surface area (Å²) in [7, 11) is -44.3. The van der Waals surface area contributed by atoms with Crippen molar-refractivity contribution in [1.29, 1.82) is 0 Å². The lowest BCUT2D eigenvalue weighted by Gasteiger charge is -2.39. The van der Waals surface area contributed by atoms with Crippen molar-refractivity contribution in [3.8, 4) is 0 Å². The molecule has 10 rings (SSSR count). The highest BCUT2D eigenvalue weighted by atomic mass is 32.2. The third kappa shape index (κ3) is 11.1. The average molecular weight is 1330 g/mol. The SMILES string of the molecule is O=CN(c1ccc(S(=O)(=O)O)cc1S(=O)(=O)O)c1cc(C(=O)c2cc(N(C=O)c3ccc(S(=O)(=O)O)cc3S(=O)(=O)O)c3c(N(C=O)c4ccc(S(=O)(=O)O)cc4S(=O)(=O)O)c2N3)c2c(N(C=O)c3ccc(S(=O)(=O)O)cc3S(=O)(=O)O)c1N2. The van der Waals surface area contributed by atoms with E-state index in [1.807, 2.05) is 0 Å². The largest absolute Gasteiger partial charge is 0.350 e. The molecule has 0 aromatic heterocycles. The van der Waals surface area contributed by atoms with Crippen molar-refractivity contribution in [3.63, 3.8) is 0 Å². The van der Waals surface area contributed by atoms with Crippen molar-refractivity contribution < 1.29 is 128 Å². The normalized spacial score (nSPS) is 13.2. The lowest BCUT2D eigenvalue weighted by Crippen LogP contribution is -2.30. The number of nitrogens with one attached hydrogen (secondary N) is 2. The van der Waals surface area contributed by atoms with E-state index in [4.69, 9.17) is 0 Å². The summed E-state index contributed by atoms with van der Waals surface area (Å²) in [6.07, 6.45) is -1.14. The molecular weight excluding hydrogens is 1300 g/mol. The number of amides is 4. The van der Waals surface area contributed by atoms with Gasteiger partial charge in [-0.05, 0) is 84.9 Å². The predicted molar refractivity (Wildman–Crippen MR) is 280 cm³/mol. The maximum atomic E-state index is 15.6. The molecule has 0 spiro atoms. The number of carbonyl (C=O) groups is 5. The van der Waals surface area contributed by atoms with Crippen LogP contribution >= 0.6 is 0 Å². The van der Waals surface area contributed by atoms with E-state index in [2.05, 4.69) is 10.6 Å². The number of hydrogen-bond donors (Lipinski definition) is 10. The van der Waals surface area contributed by atoms with E-state index in [9.17, 15) is 123 Å². The number of anilines is 12. The van der Waals surface area contributed by atoms with Gasteiger partial charge in [0.2, 0.25) is 25.6 Å². The first-order valence-electron chi connectivity index (χ1n) is 21.3. The zero-order valence-electron chi connectivity index (χ0n) is 40.1. The van der Waals surface area contributed by atoms with Gasteiger partial charge in [-0.2, -0.15) is 67.3 Å². The molecule has 4 bridgehead atoms. The van der Waals surface area contributed by atoms with Gasteiger partial charge in [0, 0.05) is 0 Å². The van der Waals surface area contributed by atoms with Gasteiger partial charge in [0.1, 0.15) is 19.6 Å². The smallest absolute Gasteiger partial charge is 0.296 e. The summed E-state index contributed by atoms with van der Waals surface area (Å²) >= 11 is 0. The van der Waals surface area contributed by atoms with Crippen molar-refractivity contribution in [1.82, 2.24) is 0 Å². The number of benzene rings is 6. The van der Waals surface area contributed by atoms with Crippen LogP contribution in [0.25, 0.3) is 0 Å². The Morgan fingerprint density at radius 1 is 0.310 bits per heavy atom. The van der Waals surface area contributed by atoms with Gasteiger partial charge in [-0.1, -0.05) is 0 Å². The Balaban J connectivity index is 1.51. The van der Waals surface area contributed by atoms with E-state index >= 15 is 4.79 Å². The van der Waals surface area contributed by atoms with E-state index in [-0.39, 0.29) is 69.5 Å². The number of rotatable bonds is 22. The fraction of sp³-hybridized carbons (Fsp3) is 0. The summed E-state index contributed by atoms with van der Waals surface area (Å²) in [5.74, 6) is -1.60. The van der Waals surface area contributed by atoms with Gasteiger partial charge in [0.25, 0.3) is 80.9 Å². The summed E-state index contributed by atoms with van der Waals surface area (Å²) in [6.45, 7) is 0. The van der Waals surface area contributed by atoms with Crippen molar-refractivity contribution in [3.05, 3.63) is 96.1 Å². The minimum atomic E-state index is -5.74. The second-order valence-electron chi connectivity index (χ2n) is 16.9. The van der Waals surface area contributed by atoms with Gasteiger partial charge < -0.3 is 10.6 Å². The molecule has 0 atom stereocenters. The molecule has 4 aliphatic heterocycles. The molecule has 10 N–H and O–H groups in total. The van der Waals surface area contributed by atoms with E-state index in [1.165, 1.54) is 0 Å². The second kappa shape index (κ2) is 20.5. The highest BCUT2D eigenvalue weighted by Crippen LogP contribution is 2.60. The Hall–Kier alpha value is -8.25. The highest BCUT2D eigenvalue weighted by Gasteiger charge is 2.43. The van der Waals surface area contributed by atoms with Crippen LogP contribution in [-0.4, -0.2) is 135 Å². The molecule has 0 unspecified atom stereocenters. The van der Waals surface area contributed by atoms with E-state index in [1.54, 1.807) is 0 Å². The monoisotopic (exact) mass is 1320 g/mol. The summed E-state index contributed by atoms with van der Waals surface area (Å²) < 4.78 is 280. The van der Waals surface area contributed by atoms with Crippen molar-refractivity contribution in [2.75, 3.05) is 30.2 Å². The van der Waals surface area contributed by atoms with E-state index in [0.717, 1.165) is 0 Å². The number of hydrogen-bond acceptors (Lipinski definition) is 23. The van der Waals surface area contributed by atoms with Crippen LogP contribution in [0.15, 0.2) is 124 Å². The molecule has 0 aliphatic carbocycles. The molecule has 35 nitrogen and oxygen atoms in total. The first kappa shape index (κ1) is 61.8. The van der Waals surface area contributed by atoms with Crippen molar-refractivity contribution in [2.24, 2.45) is 0 Å². The lowest BCUT2D eigenvalue weighted by atomic mass is 9.89. The van der Waals surface area contributed by atoms with E-state index in [0.29, 0.717) is 60.7 Å². The van der Waals surface area contributed by atoms with Crippen LogP contribution < -0.4 is 30.2 Å². The van der Waals surface area contributed by atoms with Gasteiger partial charge in [-0.3, -0.25) is 80.0 Å². The number of carbonyl (C=O) groups excluding carboxylic acids is 5. The molecule has 4 heterocycles. The lowest BCUT2D eigenvalue weighted by molar-refractivity contribution is -0.107. The molecule has 0 radical (unpaired) electrons. The van der Waals surface area contributed by atoms with Gasteiger partial charge in [-0.15, -0.1) is 0 Å². The van der Waals surface area contributed by atoms with Gasteiger partial charge in [0.05, 0.1) is 99.0 Å². The van der Waals surface area contributed by atoms with E-state index < -0.39 is 205 Å². The number of fused-ring (bicyclic) bond motifs is 4.